The van der Waals surface area contributed by atoms with Crippen molar-refractivity contribution >= 4 is 11.8 Å². The molecule has 9 heteroatoms. The Bertz CT molecular complexity index is 881. The van der Waals surface area contributed by atoms with Crippen molar-refractivity contribution in [3.8, 4) is 0 Å². The zero-order valence-corrected chi connectivity index (χ0v) is 23.8. The molecular formula is C29H48F3N3O3. The second-order valence-electron chi connectivity index (χ2n) is 13.5. The van der Waals surface area contributed by atoms with Crippen LogP contribution in [0.5, 0.6) is 0 Å². The average molecular weight is 544 g/mol. The van der Waals surface area contributed by atoms with Gasteiger partial charge in [0.15, 0.2) is 0 Å². The number of oxime groups is 1. The highest BCUT2D eigenvalue weighted by Crippen LogP contribution is 2.67. The summed E-state index contributed by atoms with van der Waals surface area (Å²) >= 11 is 0. The third-order valence-corrected chi connectivity index (χ3v) is 11.0. The Balaban J connectivity index is 1.42. The van der Waals surface area contributed by atoms with Crippen LogP contribution < -0.4 is 5.32 Å². The van der Waals surface area contributed by atoms with E-state index in [0.717, 1.165) is 44.2 Å². The van der Waals surface area contributed by atoms with Crippen molar-refractivity contribution < 1.29 is 27.9 Å². The van der Waals surface area contributed by atoms with Crippen LogP contribution >= 0.6 is 0 Å². The minimum Gasteiger partial charge on any atom is -0.393 e. The lowest BCUT2D eigenvalue weighted by atomic mass is 9.44. The number of hydrogen-bond donors (Lipinski definition) is 2. The largest absolute Gasteiger partial charge is 0.436 e. The topological polar surface area (TPSA) is 74.2 Å². The highest BCUT2D eigenvalue weighted by atomic mass is 19.4. The van der Waals surface area contributed by atoms with E-state index in [0.29, 0.717) is 34.0 Å². The van der Waals surface area contributed by atoms with Crippen LogP contribution in [0.2, 0.25) is 0 Å². The second-order valence-corrected chi connectivity index (χ2v) is 13.5. The predicted molar refractivity (Wildman–Crippen MR) is 142 cm³/mol. The van der Waals surface area contributed by atoms with Crippen molar-refractivity contribution in [2.45, 2.75) is 111 Å². The first-order chi connectivity index (χ1) is 17.7. The summed E-state index contributed by atoms with van der Waals surface area (Å²) in [7, 11) is 0. The molecule has 218 valence electrons. The fraction of sp³-hybridized carbons (Fsp3) is 0.931. The van der Waals surface area contributed by atoms with E-state index in [2.05, 4.69) is 24.3 Å². The van der Waals surface area contributed by atoms with Crippen molar-refractivity contribution in [3.05, 3.63) is 0 Å². The lowest BCUT2D eigenvalue weighted by molar-refractivity contribution is -0.142. The van der Waals surface area contributed by atoms with Crippen LogP contribution in [0.15, 0.2) is 5.16 Å². The summed E-state index contributed by atoms with van der Waals surface area (Å²) in [6, 6.07) is 0.104. The van der Waals surface area contributed by atoms with E-state index >= 15 is 0 Å². The normalized spacial score (nSPS) is 39.4. The maximum Gasteiger partial charge on any atom is 0.436 e. The van der Waals surface area contributed by atoms with Crippen LogP contribution in [0.1, 0.15) is 92.4 Å². The molecule has 4 fully saturated rings. The highest BCUT2D eigenvalue weighted by Gasteiger charge is 2.60. The van der Waals surface area contributed by atoms with Gasteiger partial charge in [-0.15, -0.1) is 0 Å². The average Bonchev–Trinajstić information content (AvgIpc) is 3.18. The minimum atomic E-state index is -4.51. The van der Waals surface area contributed by atoms with Gasteiger partial charge in [0.25, 0.3) is 0 Å². The van der Waals surface area contributed by atoms with E-state index in [1.807, 2.05) is 20.8 Å². The van der Waals surface area contributed by atoms with E-state index in [4.69, 9.17) is 4.84 Å². The molecule has 4 rings (SSSR count). The quantitative estimate of drug-likeness (QED) is 0.222. The molecule has 0 aromatic carbocycles. The van der Waals surface area contributed by atoms with E-state index < -0.39 is 18.8 Å². The minimum absolute atomic E-state index is 0.0609. The Morgan fingerprint density at radius 1 is 1.08 bits per heavy atom. The SMILES string of the molecule is C/C(=N\OC(=O)N(CCNC(C)C)CC(F)(F)F)[C@H]1CC[C@H]2[C@@H]3CC[C@H]4C[C@H](O)CC[C@]4(C)[C@H]3CC[C@]12C. The van der Waals surface area contributed by atoms with Crippen molar-refractivity contribution in [1.29, 1.82) is 0 Å². The molecule has 0 unspecified atom stereocenters. The van der Waals surface area contributed by atoms with Crippen molar-refractivity contribution in [1.82, 2.24) is 10.2 Å². The molecule has 4 aliphatic rings. The number of fused-ring (bicyclic) bond motifs is 5. The lowest BCUT2D eigenvalue weighted by Gasteiger charge is -2.61. The Hall–Kier alpha value is -1.35. The van der Waals surface area contributed by atoms with Gasteiger partial charge in [-0.2, -0.15) is 13.2 Å². The monoisotopic (exact) mass is 543 g/mol. The fourth-order valence-corrected chi connectivity index (χ4v) is 9.09. The number of amides is 1. The molecule has 4 aliphatic carbocycles. The Morgan fingerprint density at radius 3 is 2.45 bits per heavy atom. The number of alkyl halides is 3. The lowest BCUT2D eigenvalue weighted by Crippen LogP contribution is -2.54. The maximum absolute atomic E-state index is 13.1. The van der Waals surface area contributed by atoms with Crippen LogP contribution in [-0.4, -0.2) is 59.8 Å². The molecule has 0 aromatic rings. The van der Waals surface area contributed by atoms with E-state index in [1.54, 1.807) is 0 Å². The molecule has 0 aromatic heterocycles. The van der Waals surface area contributed by atoms with E-state index in [9.17, 15) is 23.1 Å². The number of carbonyl (C=O) groups excluding carboxylic acids is 1. The standard InChI is InChI=1S/C29H48F3N3O3/c1-18(2)33-14-15-35(17-29(30,31)32)26(37)38-34-19(3)23-8-9-24-22-7-6-20-16-21(36)10-12-27(20,4)25(22)11-13-28(23,24)5/h18,20-25,33,36H,6-17H2,1-5H3/b34-19+/t20-,21+,22-,23+,24-,25-,27-,28+/m0/s1. The molecule has 6 nitrogen and oxygen atoms in total. The number of halogens is 3. The summed E-state index contributed by atoms with van der Waals surface area (Å²) in [5, 5.41) is 17.5. The molecule has 8 atom stereocenters. The van der Waals surface area contributed by atoms with Crippen LogP contribution in [0.4, 0.5) is 18.0 Å². The molecule has 0 heterocycles. The molecule has 0 bridgehead atoms. The highest BCUT2D eigenvalue weighted by molar-refractivity contribution is 5.85. The summed E-state index contributed by atoms with van der Waals surface area (Å²) in [6.45, 7) is 9.28. The molecule has 0 saturated heterocycles. The van der Waals surface area contributed by atoms with Gasteiger partial charge in [-0.25, -0.2) is 4.79 Å². The van der Waals surface area contributed by atoms with Crippen molar-refractivity contribution in [3.63, 3.8) is 0 Å². The van der Waals surface area contributed by atoms with Gasteiger partial charge in [-0.3, -0.25) is 9.74 Å². The number of aliphatic hydroxyl groups excluding tert-OH is 1. The third-order valence-electron chi connectivity index (χ3n) is 11.0. The fourth-order valence-electron chi connectivity index (χ4n) is 9.09. The molecular weight excluding hydrogens is 495 g/mol. The summed E-state index contributed by atoms with van der Waals surface area (Å²) in [6.07, 6.45) is 4.03. The first-order valence-corrected chi connectivity index (χ1v) is 14.7. The molecule has 0 aliphatic heterocycles. The van der Waals surface area contributed by atoms with Gasteiger partial charge in [-0.1, -0.05) is 32.9 Å². The summed E-state index contributed by atoms with van der Waals surface area (Å²) < 4.78 is 39.3. The molecule has 4 saturated carbocycles. The van der Waals surface area contributed by atoms with Crippen LogP contribution in [0.25, 0.3) is 0 Å². The van der Waals surface area contributed by atoms with Crippen molar-refractivity contribution in [2.75, 3.05) is 19.6 Å². The van der Waals surface area contributed by atoms with Gasteiger partial charge >= 0.3 is 12.3 Å². The Kier molecular flexibility index (Phi) is 8.78. The van der Waals surface area contributed by atoms with Crippen LogP contribution in [0.3, 0.4) is 0 Å². The molecule has 38 heavy (non-hydrogen) atoms. The van der Waals surface area contributed by atoms with Gasteiger partial charge in [0, 0.05) is 25.0 Å². The first kappa shape index (κ1) is 29.6. The number of aliphatic hydroxyl groups is 1. The van der Waals surface area contributed by atoms with Gasteiger partial charge in [0.1, 0.15) is 6.54 Å². The van der Waals surface area contributed by atoms with Gasteiger partial charge in [0.2, 0.25) is 0 Å². The first-order valence-electron chi connectivity index (χ1n) is 14.7. The Labute approximate surface area is 226 Å². The van der Waals surface area contributed by atoms with Gasteiger partial charge in [0.05, 0.1) is 11.8 Å². The van der Waals surface area contributed by atoms with E-state index in [1.165, 1.54) is 19.3 Å². The third kappa shape index (κ3) is 6.03. The molecule has 0 spiro atoms. The second kappa shape index (κ2) is 11.3. The number of rotatable bonds is 7. The number of carbonyl (C=O) groups is 1. The number of hydrogen-bond acceptors (Lipinski definition) is 5. The van der Waals surface area contributed by atoms with Gasteiger partial charge in [-0.05, 0) is 99.2 Å². The molecule has 1 amide bonds. The zero-order valence-electron chi connectivity index (χ0n) is 23.8. The van der Waals surface area contributed by atoms with Crippen LogP contribution in [-0.2, 0) is 4.84 Å². The summed E-state index contributed by atoms with van der Waals surface area (Å²) in [5.41, 5.74) is 1.09. The smallest absolute Gasteiger partial charge is 0.393 e. The zero-order chi connectivity index (χ0) is 27.9. The van der Waals surface area contributed by atoms with Gasteiger partial charge < -0.3 is 10.4 Å². The number of nitrogens with one attached hydrogen (secondary N) is 1. The predicted octanol–water partition coefficient (Wildman–Crippen LogP) is 6.38. The Morgan fingerprint density at radius 2 is 1.76 bits per heavy atom. The summed E-state index contributed by atoms with van der Waals surface area (Å²) in [5.74, 6) is 2.73. The number of nitrogens with zero attached hydrogens (tertiary/aromatic N) is 2. The van der Waals surface area contributed by atoms with Crippen molar-refractivity contribution in [2.24, 2.45) is 45.6 Å². The molecule has 2 N–H and O–H groups in total. The van der Waals surface area contributed by atoms with E-state index in [-0.39, 0.29) is 36.6 Å². The summed E-state index contributed by atoms with van der Waals surface area (Å²) in [4.78, 5) is 18.4. The maximum atomic E-state index is 13.1. The van der Waals surface area contributed by atoms with Crippen LogP contribution in [0, 0.1) is 40.4 Å². The molecule has 0 radical (unpaired) electrons.